The highest BCUT2D eigenvalue weighted by Crippen LogP contribution is 2.13. The van der Waals surface area contributed by atoms with Crippen molar-refractivity contribution in [1.82, 2.24) is 4.98 Å². The Bertz CT molecular complexity index is 379. The number of hydrogen-bond donors (Lipinski definition) is 0. The molecule has 0 aliphatic rings. The van der Waals surface area contributed by atoms with Crippen LogP contribution >= 0.6 is 11.3 Å². The first kappa shape index (κ1) is 8.45. The van der Waals surface area contributed by atoms with Crippen LogP contribution in [0.3, 0.4) is 0 Å². The summed E-state index contributed by atoms with van der Waals surface area (Å²) in [6.07, 6.45) is 2.83. The van der Waals surface area contributed by atoms with E-state index in [-0.39, 0.29) is 0 Å². The SMILES string of the molecule is Cc1ccnc(Cc2cccs2)c1. The first-order valence-electron chi connectivity index (χ1n) is 4.28. The monoisotopic (exact) mass is 189 g/mol. The first-order chi connectivity index (χ1) is 6.34. The maximum Gasteiger partial charge on any atom is 0.0458 e. The van der Waals surface area contributed by atoms with Gasteiger partial charge in [0.05, 0.1) is 0 Å². The summed E-state index contributed by atoms with van der Waals surface area (Å²) in [6.45, 7) is 2.10. The van der Waals surface area contributed by atoms with Gasteiger partial charge in [0.15, 0.2) is 0 Å². The molecule has 0 aliphatic heterocycles. The molecule has 0 bridgehead atoms. The predicted octanol–water partition coefficient (Wildman–Crippen LogP) is 3.04. The van der Waals surface area contributed by atoms with Gasteiger partial charge in [0.2, 0.25) is 0 Å². The van der Waals surface area contributed by atoms with Crippen molar-refractivity contribution in [3.05, 3.63) is 52.0 Å². The number of rotatable bonds is 2. The summed E-state index contributed by atoms with van der Waals surface area (Å²) in [6, 6.07) is 8.39. The highest BCUT2D eigenvalue weighted by molar-refractivity contribution is 7.09. The lowest BCUT2D eigenvalue weighted by molar-refractivity contribution is 1.08. The normalized spacial score (nSPS) is 10.2. The van der Waals surface area contributed by atoms with Gasteiger partial charge in [-0.25, -0.2) is 0 Å². The van der Waals surface area contributed by atoms with E-state index in [9.17, 15) is 0 Å². The summed E-state index contributed by atoms with van der Waals surface area (Å²) >= 11 is 1.78. The van der Waals surface area contributed by atoms with Crippen molar-refractivity contribution in [2.45, 2.75) is 13.3 Å². The van der Waals surface area contributed by atoms with Crippen LogP contribution in [-0.2, 0) is 6.42 Å². The largest absolute Gasteiger partial charge is 0.261 e. The lowest BCUT2D eigenvalue weighted by Crippen LogP contribution is -1.89. The van der Waals surface area contributed by atoms with Crippen molar-refractivity contribution in [2.75, 3.05) is 0 Å². The molecule has 0 N–H and O–H groups in total. The van der Waals surface area contributed by atoms with Gasteiger partial charge < -0.3 is 0 Å². The average Bonchev–Trinajstić information content (AvgIpc) is 2.57. The van der Waals surface area contributed by atoms with Gasteiger partial charge in [0.25, 0.3) is 0 Å². The average molecular weight is 189 g/mol. The number of nitrogens with zero attached hydrogens (tertiary/aromatic N) is 1. The minimum Gasteiger partial charge on any atom is -0.261 e. The summed E-state index contributed by atoms with van der Waals surface area (Å²) in [5.41, 5.74) is 2.43. The van der Waals surface area contributed by atoms with Gasteiger partial charge in [-0.3, -0.25) is 4.98 Å². The number of aryl methyl sites for hydroxylation is 1. The zero-order valence-corrected chi connectivity index (χ0v) is 8.34. The Labute approximate surface area is 82.1 Å². The molecule has 13 heavy (non-hydrogen) atoms. The van der Waals surface area contributed by atoms with E-state index in [2.05, 4.69) is 35.5 Å². The summed E-state index contributed by atoms with van der Waals surface area (Å²) in [4.78, 5) is 5.69. The summed E-state index contributed by atoms with van der Waals surface area (Å²) in [5.74, 6) is 0. The topological polar surface area (TPSA) is 12.9 Å². The van der Waals surface area contributed by atoms with Crippen molar-refractivity contribution in [3.8, 4) is 0 Å². The zero-order valence-electron chi connectivity index (χ0n) is 7.53. The van der Waals surface area contributed by atoms with Crippen molar-refractivity contribution in [1.29, 1.82) is 0 Å². The van der Waals surface area contributed by atoms with Gasteiger partial charge in [-0.15, -0.1) is 11.3 Å². The van der Waals surface area contributed by atoms with Gasteiger partial charge in [0, 0.05) is 23.2 Å². The Morgan fingerprint density at radius 2 is 2.31 bits per heavy atom. The standard InChI is InChI=1S/C11H11NS/c1-9-4-5-12-10(7-9)8-11-3-2-6-13-11/h2-7H,8H2,1H3. The number of aromatic nitrogens is 1. The van der Waals surface area contributed by atoms with Crippen LogP contribution in [0.1, 0.15) is 16.1 Å². The zero-order chi connectivity index (χ0) is 9.10. The Hall–Kier alpha value is -1.15. The van der Waals surface area contributed by atoms with Crippen molar-refractivity contribution in [2.24, 2.45) is 0 Å². The molecule has 0 unspecified atom stereocenters. The van der Waals surface area contributed by atoms with E-state index in [0.29, 0.717) is 0 Å². The minimum absolute atomic E-state index is 0.958. The summed E-state index contributed by atoms with van der Waals surface area (Å²) in [7, 11) is 0. The number of thiophene rings is 1. The van der Waals surface area contributed by atoms with Crippen LogP contribution in [0.25, 0.3) is 0 Å². The molecule has 0 radical (unpaired) electrons. The fourth-order valence-corrected chi connectivity index (χ4v) is 2.01. The molecule has 66 valence electrons. The number of hydrogen-bond acceptors (Lipinski definition) is 2. The number of pyridine rings is 1. The first-order valence-corrected chi connectivity index (χ1v) is 5.16. The fourth-order valence-electron chi connectivity index (χ4n) is 1.29. The molecule has 0 amide bonds. The molecule has 0 aromatic carbocycles. The molecule has 2 rings (SSSR count). The molecule has 0 spiro atoms. The van der Waals surface area contributed by atoms with Crippen LogP contribution in [0.5, 0.6) is 0 Å². The Kier molecular flexibility index (Phi) is 2.41. The third-order valence-electron chi connectivity index (χ3n) is 1.91. The van der Waals surface area contributed by atoms with Crippen LogP contribution in [-0.4, -0.2) is 4.98 Å². The molecule has 2 heterocycles. The van der Waals surface area contributed by atoms with E-state index in [4.69, 9.17) is 0 Å². The van der Waals surface area contributed by atoms with Gasteiger partial charge in [-0.2, -0.15) is 0 Å². The molecule has 2 aromatic heterocycles. The molecular weight excluding hydrogens is 178 g/mol. The highest BCUT2D eigenvalue weighted by Gasteiger charge is 1.97. The second-order valence-electron chi connectivity index (χ2n) is 3.08. The maximum atomic E-state index is 4.32. The summed E-state index contributed by atoms with van der Waals surface area (Å²) < 4.78 is 0. The van der Waals surface area contributed by atoms with Gasteiger partial charge in [-0.05, 0) is 36.1 Å². The molecule has 0 atom stereocenters. The van der Waals surface area contributed by atoms with Gasteiger partial charge >= 0.3 is 0 Å². The predicted molar refractivity (Wildman–Crippen MR) is 56.1 cm³/mol. The minimum atomic E-state index is 0.958. The van der Waals surface area contributed by atoms with Gasteiger partial charge in [0.1, 0.15) is 0 Å². The third-order valence-corrected chi connectivity index (χ3v) is 2.78. The molecule has 2 aromatic rings. The van der Waals surface area contributed by atoms with Crippen molar-refractivity contribution in [3.63, 3.8) is 0 Å². The molecule has 0 fully saturated rings. The van der Waals surface area contributed by atoms with E-state index < -0.39 is 0 Å². The molecule has 0 saturated heterocycles. The van der Waals surface area contributed by atoms with Crippen molar-refractivity contribution < 1.29 is 0 Å². The lowest BCUT2D eigenvalue weighted by atomic mass is 10.2. The molecule has 1 nitrogen and oxygen atoms in total. The van der Waals surface area contributed by atoms with Crippen LogP contribution in [0.15, 0.2) is 35.8 Å². The Balaban J connectivity index is 2.19. The van der Waals surface area contributed by atoms with E-state index in [1.165, 1.54) is 10.4 Å². The second kappa shape index (κ2) is 3.71. The van der Waals surface area contributed by atoms with Crippen LogP contribution in [0.2, 0.25) is 0 Å². The fraction of sp³-hybridized carbons (Fsp3) is 0.182. The third kappa shape index (κ3) is 2.16. The van der Waals surface area contributed by atoms with E-state index >= 15 is 0 Å². The molecule has 0 aliphatic carbocycles. The molecule has 2 heteroatoms. The lowest BCUT2D eigenvalue weighted by Gasteiger charge is -1.98. The molecular formula is C11H11NS. The van der Waals surface area contributed by atoms with Crippen molar-refractivity contribution >= 4 is 11.3 Å². The Morgan fingerprint density at radius 1 is 1.38 bits per heavy atom. The van der Waals surface area contributed by atoms with Crippen LogP contribution in [0.4, 0.5) is 0 Å². The maximum absolute atomic E-state index is 4.32. The van der Waals surface area contributed by atoms with E-state index in [1.807, 2.05) is 12.3 Å². The van der Waals surface area contributed by atoms with Gasteiger partial charge in [-0.1, -0.05) is 6.07 Å². The van der Waals surface area contributed by atoms with E-state index in [0.717, 1.165) is 12.1 Å². The quantitative estimate of drug-likeness (QED) is 0.707. The van der Waals surface area contributed by atoms with Crippen LogP contribution in [0, 0.1) is 6.92 Å². The highest BCUT2D eigenvalue weighted by atomic mass is 32.1. The van der Waals surface area contributed by atoms with Crippen LogP contribution < -0.4 is 0 Å². The summed E-state index contributed by atoms with van der Waals surface area (Å²) in [5, 5.41) is 2.10. The van der Waals surface area contributed by atoms with E-state index in [1.54, 1.807) is 11.3 Å². The smallest absolute Gasteiger partial charge is 0.0458 e. The Morgan fingerprint density at radius 3 is 3.00 bits per heavy atom. The molecule has 0 saturated carbocycles. The second-order valence-corrected chi connectivity index (χ2v) is 4.11.